The second-order valence-corrected chi connectivity index (χ2v) is 8.10. The highest BCUT2D eigenvalue weighted by atomic mass is 19.1. The van der Waals surface area contributed by atoms with E-state index in [9.17, 15) is 9.18 Å². The van der Waals surface area contributed by atoms with Crippen LogP contribution in [-0.4, -0.2) is 64.4 Å². The maximum absolute atomic E-state index is 13.9. The highest BCUT2D eigenvalue weighted by Crippen LogP contribution is 2.45. The monoisotopic (exact) mass is 383 g/mol. The summed E-state index contributed by atoms with van der Waals surface area (Å²) in [6.07, 6.45) is 3.62. The van der Waals surface area contributed by atoms with Gasteiger partial charge in [-0.15, -0.1) is 0 Å². The number of fused-ring (bicyclic) bond motifs is 1. The lowest BCUT2D eigenvalue weighted by Crippen LogP contribution is -2.41. The molecule has 3 atom stereocenters. The van der Waals surface area contributed by atoms with Gasteiger partial charge in [-0.2, -0.15) is 0 Å². The molecule has 1 aromatic carbocycles. The van der Waals surface area contributed by atoms with Gasteiger partial charge in [0.25, 0.3) is 0 Å². The first-order chi connectivity index (χ1) is 13.4. The van der Waals surface area contributed by atoms with Crippen molar-refractivity contribution in [2.24, 2.45) is 11.8 Å². The molecule has 2 aliphatic heterocycles. The zero-order valence-electron chi connectivity index (χ0n) is 16.5. The lowest BCUT2D eigenvalue weighted by atomic mass is 9.89. The van der Waals surface area contributed by atoms with Crippen molar-refractivity contribution < 1.29 is 9.18 Å². The first kappa shape index (κ1) is 18.8. The molecule has 1 aromatic heterocycles. The van der Waals surface area contributed by atoms with Crippen LogP contribution in [0.2, 0.25) is 0 Å². The number of carbonyl (C=O) groups excluding carboxylic acids is 1. The zero-order valence-corrected chi connectivity index (χ0v) is 16.5. The minimum atomic E-state index is -0.261. The van der Waals surface area contributed by atoms with Crippen LogP contribution in [0.3, 0.4) is 0 Å². The smallest absolute Gasteiger partial charge is 0.320 e. The number of halogens is 1. The standard InChI is InChI=1S/C21H26FN5O/c1-14-8-24-18(9-23-14)12-26-10-16-11-27(21(28)25(2)3)20(19(16)13-26)15-5-4-6-17(22)7-15/h4-9,16,19-20H,10-13H2,1-3H3/t16-,19-,20-/m1/s1. The fraction of sp³-hybridized carbons (Fsp3) is 0.476. The molecule has 0 aliphatic carbocycles. The summed E-state index contributed by atoms with van der Waals surface area (Å²) in [7, 11) is 3.53. The van der Waals surface area contributed by atoms with Gasteiger partial charge in [0.15, 0.2) is 0 Å². The highest BCUT2D eigenvalue weighted by molar-refractivity contribution is 5.75. The third kappa shape index (κ3) is 3.58. The number of carbonyl (C=O) groups is 1. The lowest BCUT2D eigenvalue weighted by Gasteiger charge is -2.31. The Hall–Kier alpha value is -2.54. The molecule has 28 heavy (non-hydrogen) atoms. The molecule has 0 bridgehead atoms. The molecule has 0 spiro atoms. The minimum absolute atomic E-state index is 0.0142. The van der Waals surface area contributed by atoms with Crippen LogP contribution in [0.15, 0.2) is 36.7 Å². The topological polar surface area (TPSA) is 52.6 Å². The minimum Gasteiger partial charge on any atom is -0.331 e. The van der Waals surface area contributed by atoms with Crippen LogP contribution < -0.4 is 0 Å². The van der Waals surface area contributed by atoms with E-state index in [2.05, 4.69) is 14.9 Å². The van der Waals surface area contributed by atoms with Crippen molar-refractivity contribution in [1.29, 1.82) is 0 Å². The Morgan fingerprint density at radius 3 is 2.71 bits per heavy atom. The van der Waals surface area contributed by atoms with Crippen LogP contribution in [0.5, 0.6) is 0 Å². The molecule has 0 unspecified atom stereocenters. The van der Waals surface area contributed by atoms with E-state index < -0.39 is 0 Å². The molecule has 2 amide bonds. The van der Waals surface area contributed by atoms with E-state index in [-0.39, 0.29) is 23.8 Å². The molecule has 0 saturated carbocycles. The van der Waals surface area contributed by atoms with Gasteiger partial charge in [0, 0.05) is 58.6 Å². The van der Waals surface area contributed by atoms with Gasteiger partial charge >= 0.3 is 6.03 Å². The Labute approximate surface area is 165 Å². The molecular weight excluding hydrogens is 357 g/mol. The van der Waals surface area contributed by atoms with E-state index in [1.807, 2.05) is 24.1 Å². The Balaban J connectivity index is 1.56. The molecule has 2 fully saturated rings. The van der Waals surface area contributed by atoms with E-state index >= 15 is 0 Å². The number of benzene rings is 1. The van der Waals surface area contributed by atoms with Crippen molar-refractivity contribution >= 4 is 6.03 Å². The van der Waals surface area contributed by atoms with Crippen LogP contribution in [0.1, 0.15) is 23.0 Å². The SMILES string of the molecule is Cc1cnc(CN2C[C@@H]3CN(C(=O)N(C)C)[C@H](c4cccc(F)c4)[C@@H]3C2)cn1. The summed E-state index contributed by atoms with van der Waals surface area (Å²) in [4.78, 5) is 27.5. The number of hydrogen-bond donors (Lipinski definition) is 0. The summed E-state index contributed by atoms with van der Waals surface area (Å²) < 4.78 is 13.9. The molecular formula is C21H26FN5O. The van der Waals surface area contributed by atoms with Gasteiger partial charge in [-0.05, 0) is 30.5 Å². The average molecular weight is 383 g/mol. The highest BCUT2D eigenvalue weighted by Gasteiger charge is 2.49. The first-order valence-corrected chi connectivity index (χ1v) is 9.65. The van der Waals surface area contributed by atoms with E-state index in [0.717, 1.165) is 36.6 Å². The molecule has 2 aliphatic rings. The molecule has 148 valence electrons. The summed E-state index contributed by atoms with van der Waals surface area (Å²) in [6.45, 7) is 5.13. The number of amides is 2. The quantitative estimate of drug-likeness (QED) is 0.818. The zero-order chi connectivity index (χ0) is 19.8. The predicted octanol–water partition coefficient (Wildman–Crippen LogP) is 2.71. The van der Waals surface area contributed by atoms with Gasteiger partial charge in [0.2, 0.25) is 0 Å². The molecule has 0 N–H and O–H groups in total. The van der Waals surface area contributed by atoms with Crippen molar-refractivity contribution in [2.45, 2.75) is 19.5 Å². The number of hydrogen-bond acceptors (Lipinski definition) is 4. The van der Waals surface area contributed by atoms with Crippen molar-refractivity contribution in [3.05, 3.63) is 59.4 Å². The maximum atomic E-state index is 13.9. The van der Waals surface area contributed by atoms with E-state index in [1.54, 1.807) is 37.3 Å². The second-order valence-electron chi connectivity index (χ2n) is 8.10. The number of aromatic nitrogens is 2. The van der Waals surface area contributed by atoms with Gasteiger partial charge < -0.3 is 9.80 Å². The van der Waals surface area contributed by atoms with Crippen LogP contribution >= 0.6 is 0 Å². The third-order valence-corrected chi connectivity index (χ3v) is 5.78. The number of urea groups is 1. The molecule has 2 saturated heterocycles. The summed E-state index contributed by atoms with van der Waals surface area (Å²) in [5.74, 6) is 0.391. The van der Waals surface area contributed by atoms with Crippen molar-refractivity contribution in [3.8, 4) is 0 Å². The van der Waals surface area contributed by atoms with Gasteiger partial charge in [0.1, 0.15) is 5.82 Å². The molecule has 3 heterocycles. The largest absolute Gasteiger partial charge is 0.331 e. The van der Waals surface area contributed by atoms with E-state index in [0.29, 0.717) is 12.5 Å². The molecule has 4 rings (SSSR count). The van der Waals surface area contributed by atoms with Gasteiger partial charge in [-0.1, -0.05) is 12.1 Å². The third-order valence-electron chi connectivity index (χ3n) is 5.78. The number of likely N-dealkylation sites (tertiary alicyclic amines) is 2. The fourth-order valence-corrected chi connectivity index (χ4v) is 4.57. The summed E-state index contributed by atoms with van der Waals surface area (Å²) in [5, 5.41) is 0. The summed E-state index contributed by atoms with van der Waals surface area (Å²) >= 11 is 0. The molecule has 2 aromatic rings. The number of nitrogens with zero attached hydrogens (tertiary/aromatic N) is 5. The van der Waals surface area contributed by atoms with Crippen LogP contribution in [-0.2, 0) is 6.54 Å². The summed E-state index contributed by atoms with van der Waals surface area (Å²) in [5.41, 5.74) is 2.74. The van der Waals surface area contributed by atoms with E-state index in [4.69, 9.17) is 0 Å². The summed E-state index contributed by atoms with van der Waals surface area (Å²) in [6, 6.07) is 6.55. The van der Waals surface area contributed by atoms with Crippen molar-refractivity contribution in [3.63, 3.8) is 0 Å². The first-order valence-electron chi connectivity index (χ1n) is 9.65. The van der Waals surface area contributed by atoms with Crippen LogP contribution in [0.25, 0.3) is 0 Å². The van der Waals surface area contributed by atoms with Gasteiger partial charge in [-0.3, -0.25) is 14.9 Å². The van der Waals surface area contributed by atoms with Crippen molar-refractivity contribution in [1.82, 2.24) is 24.7 Å². The van der Waals surface area contributed by atoms with Gasteiger partial charge in [-0.25, -0.2) is 9.18 Å². The normalized spacial score (nSPS) is 24.4. The Morgan fingerprint density at radius 1 is 1.21 bits per heavy atom. The van der Waals surface area contributed by atoms with Crippen LogP contribution in [0, 0.1) is 24.6 Å². The predicted molar refractivity (Wildman–Crippen MR) is 104 cm³/mol. The number of rotatable bonds is 3. The average Bonchev–Trinajstić information content (AvgIpc) is 3.19. The fourth-order valence-electron chi connectivity index (χ4n) is 4.57. The van der Waals surface area contributed by atoms with Gasteiger partial charge in [0.05, 0.1) is 17.4 Å². The number of aryl methyl sites for hydroxylation is 1. The second kappa shape index (κ2) is 7.47. The van der Waals surface area contributed by atoms with Crippen LogP contribution in [0.4, 0.5) is 9.18 Å². The Kier molecular flexibility index (Phi) is 5.02. The lowest BCUT2D eigenvalue weighted by molar-refractivity contribution is 0.151. The Bertz CT molecular complexity index is 856. The maximum Gasteiger partial charge on any atom is 0.320 e. The molecule has 6 nitrogen and oxygen atoms in total. The Morgan fingerprint density at radius 2 is 2.04 bits per heavy atom. The van der Waals surface area contributed by atoms with E-state index in [1.165, 1.54) is 6.07 Å². The van der Waals surface area contributed by atoms with Crippen molar-refractivity contribution in [2.75, 3.05) is 33.7 Å². The molecule has 0 radical (unpaired) electrons. The molecule has 7 heteroatoms.